The van der Waals surface area contributed by atoms with Gasteiger partial charge in [-0.15, -0.1) is 0 Å². The van der Waals surface area contributed by atoms with Crippen molar-refractivity contribution in [3.05, 3.63) is 42.1 Å². The zero-order chi connectivity index (χ0) is 23.7. The fraction of sp³-hybridized carbons (Fsp3) is 0.391. The van der Waals surface area contributed by atoms with Crippen LogP contribution in [0, 0.1) is 5.82 Å². The van der Waals surface area contributed by atoms with Crippen LogP contribution in [0.15, 0.2) is 30.7 Å². The topological polar surface area (TPSA) is 112 Å². The Labute approximate surface area is 190 Å². The lowest BCUT2D eigenvalue weighted by atomic mass is 9.96. The second-order valence-electron chi connectivity index (χ2n) is 8.29. The lowest BCUT2D eigenvalue weighted by Crippen LogP contribution is -2.18. The van der Waals surface area contributed by atoms with Crippen molar-refractivity contribution < 1.29 is 13.9 Å². The smallest absolute Gasteiger partial charge is 0.254 e. The Bertz CT molecular complexity index is 1300. The first-order chi connectivity index (χ1) is 15.8. The van der Waals surface area contributed by atoms with Gasteiger partial charge in [-0.1, -0.05) is 0 Å². The number of amides is 1. The quantitative estimate of drug-likeness (QED) is 0.475. The van der Waals surface area contributed by atoms with E-state index in [0.29, 0.717) is 39.9 Å². The molecule has 4 aromatic heterocycles. The van der Waals surface area contributed by atoms with Gasteiger partial charge in [0.25, 0.3) is 5.91 Å². The zero-order valence-corrected chi connectivity index (χ0v) is 19.2. The number of pyridine rings is 1. The van der Waals surface area contributed by atoms with Gasteiger partial charge < -0.3 is 20.4 Å². The number of anilines is 1. The third-order valence-electron chi connectivity index (χ3n) is 5.85. The van der Waals surface area contributed by atoms with Crippen molar-refractivity contribution in [2.75, 3.05) is 19.5 Å². The SMILES string of the molecule is CNc1cc(-c2cn(C(C)C)c3ncc(F)cc23)nc2c(C(N)=O)cnn12.COC1CCC1. The summed E-state index contributed by atoms with van der Waals surface area (Å²) in [5, 5.41) is 7.84. The molecule has 1 saturated carbocycles. The summed E-state index contributed by atoms with van der Waals surface area (Å²) >= 11 is 0. The molecule has 0 atom stereocenters. The normalized spacial score (nSPS) is 13.8. The molecule has 1 fully saturated rings. The summed E-state index contributed by atoms with van der Waals surface area (Å²) in [7, 11) is 3.52. The van der Waals surface area contributed by atoms with E-state index in [1.165, 1.54) is 42.2 Å². The maximum atomic E-state index is 13.9. The predicted octanol–water partition coefficient (Wildman–Crippen LogP) is 3.79. The van der Waals surface area contributed by atoms with E-state index in [1.807, 2.05) is 24.6 Å². The van der Waals surface area contributed by atoms with E-state index in [4.69, 9.17) is 10.5 Å². The van der Waals surface area contributed by atoms with E-state index in [1.54, 1.807) is 20.2 Å². The molecule has 174 valence electrons. The van der Waals surface area contributed by atoms with Gasteiger partial charge in [0.1, 0.15) is 22.8 Å². The van der Waals surface area contributed by atoms with E-state index in [2.05, 4.69) is 20.4 Å². The number of hydrogen-bond acceptors (Lipinski definition) is 6. The fourth-order valence-electron chi connectivity index (χ4n) is 3.76. The molecule has 10 heteroatoms. The number of nitrogens with zero attached hydrogens (tertiary/aromatic N) is 5. The first-order valence-electron chi connectivity index (χ1n) is 10.9. The van der Waals surface area contributed by atoms with Crippen LogP contribution in [0.4, 0.5) is 10.2 Å². The van der Waals surface area contributed by atoms with Gasteiger partial charge >= 0.3 is 0 Å². The van der Waals surface area contributed by atoms with Gasteiger partial charge in [-0.05, 0) is 39.2 Å². The van der Waals surface area contributed by atoms with Crippen molar-refractivity contribution in [1.29, 1.82) is 0 Å². The van der Waals surface area contributed by atoms with Crippen LogP contribution >= 0.6 is 0 Å². The standard InChI is InChI=1S/C18H18FN7O.C5H10O/c1-9(2)25-8-13(11-4-10(19)6-22-17(11)25)14-5-15(21-3)26-18(24-14)12(7-23-26)16(20)27;1-6-5-3-2-4-5/h4-9,21H,1-3H3,(H2,20,27);5H,2-4H2,1H3. The predicted molar refractivity (Wildman–Crippen MR) is 125 cm³/mol. The molecule has 0 bridgehead atoms. The number of carbonyl (C=O) groups is 1. The van der Waals surface area contributed by atoms with E-state index in [-0.39, 0.29) is 11.6 Å². The molecule has 33 heavy (non-hydrogen) atoms. The summed E-state index contributed by atoms with van der Waals surface area (Å²) in [4.78, 5) is 20.5. The summed E-state index contributed by atoms with van der Waals surface area (Å²) in [6.45, 7) is 4.04. The highest BCUT2D eigenvalue weighted by atomic mass is 19.1. The molecule has 1 aliphatic carbocycles. The number of fused-ring (bicyclic) bond motifs is 2. The molecule has 1 aliphatic rings. The molecule has 0 radical (unpaired) electrons. The third kappa shape index (κ3) is 4.25. The molecule has 0 unspecified atom stereocenters. The van der Waals surface area contributed by atoms with Crippen LogP contribution in [0.5, 0.6) is 0 Å². The summed E-state index contributed by atoms with van der Waals surface area (Å²) < 4.78 is 22.3. The molecule has 0 aromatic carbocycles. The summed E-state index contributed by atoms with van der Waals surface area (Å²) in [5.74, 6) is -0.423. The van der Waals surface area contributed by atoms with Crippen molar-refractivity contribution in [3.63, 3.8) is 0 Å². The van der Waals surface area contributed by atoms with Gasteiger partial charge in [-0.2, -0.15) is 9.61 Å². The van der Waals surface area contributed by atoms with E-state index in [0.717, 1.165) is 0 Å². The average Bonchev–Trinajstić information content (AvgIpc) is 3.34. The second kappa shape index (κ2) is 9.14. The molecule has 4 heterocycles. The van der Waals surface area contributed by atoms with Crippen LogP contribution in [-0.4, -0.2) is 50.3 Å². The van der Waals surface area contributed by atoms with Crippen LogP contribution < -0.4 is 11.1 Å². The average molecular weight is 454 g/mol. The lowest BCUT2D eigenvalue weighted by Gasteiger charge is -2.22. The van der Waals surface area contributed by atoms with Crippen LogP contribution in [-0.2, 0) is 4.74 Å². The summed E-state index contributed by atoms with van der Waals surface area (Å²) in [6, 6.07) is 3.35. The number of nitrogens with one attached hydrogen (secondary N) is 1. The minimum atomic E-state index is -0.617. The van der Waals surface area contributed by atoms with Gasteiger partial charge in [0.2, 0.25) is 0 Å². The van der Waals surface area contributed by atoms with Crippen LogP contribution in [0.2, 0.25) is 0 Å². The van der Waals surface area contributed by atoms with Crippen LogP contribution in [0.25, 0.3) is 27.9 Å². The maximum Gasteiger partial charge on any atom is 0.254 e. The minimum absolute atomic E-state index is 0.128. The second-order valence-corrected chi connectivity index (χ2v) is 8.29. The van der Waals surface area contributed by atoms with Gasteiger partial charge in [0.15, 0.2) is 5.65 Å². The Morgan fingerprint density at radius 3 is 2.58 bits per heavy atom. The van der Waals surface area contributed by atoms with Gasteiger partial charge in [0, 0.05) is 43.4 Å². The van der Waals surface area contributed by atoms with Gasteiger partial charge in [0.05, 0.1) is 24.2 Å². The zero-order valence-electron chi connectivity index (χ0n) is 19.2. The monoisotopic (exact) mass is 453 g/mol. The third-order valence-corrected chi connectivity index (χ3v) is 5.85. The highest BCUT2D eigenvalue weighted by Crippen LogP contribution is 2.33. The van der Waals surface area contributed by atoms with E-state index >= 15 is 0 Å². The van der Waals surface area contributed by atoms with Gasteiger partial charge in [-0.25, -0.2) is 14.4 Å². The molecule has 0 spiro atoms. The van der Waals surface area contributed by atoms with Crippen LogP contribution in [0.3, 0.4) is 0 Å². The number of hydrogen-bond donors (Lipinski definition) is 2. The Morgan fingerprint density at radius 1 is 1.27 bits per heavy atom. The number of halogens is 1. The first kappa shape index (κ1) is 22.7. The summed E-state index contributed by atoms with van der Waals surface area (Å²) in [5.41, 5.74) is 7.92. The fourth-order valence-corrected chi connectivity index (χ4v) is 3.76. The molecule has 0 saturated heterocycles. The lowest BCUT2D eigenvalue weighted by molar-refractivity contribution is 0.0412. The first-order valence-corrected chi connectivity index (χ1v) is 10.9. The van der Waals surface area contributed by atoms with E-state index < -0.39 is 11.7 Å². The maximum absolute atomic E-state index is 13.9. The van der Waals surface area contributed by atoms with Gasteiger partial charge in [-0.3, -0.25) is 4.79 Å². The molecule has 9 nitrogen and oxygen atoms in total. The number of ether oxygens (including phenoxy) is 1. The Balaban J connectivity index is 0.000000376. The number of methoxy groups -OCH3 is 1. The minimum Gasteiger partial charge on any atom is -0.381 e. The Morgan fingerprint density at radius 2 is 2.03 bits per heavy atom. The number of nitrogens with two attached hydrogens (primary N) is 1. The molecular weight excluding hydrogens is 425 g/mol. The Hall–Kier alpha value is -3.53. The van der Waals surface area contributed by atoms with Crippen molar-refractivity contribution >= 4 is 28.4 Å². The highest BCUT2D eigenvalue weighted by Gasteiger charge is 2.19. The van der Waals surface area contributed by atoms with E-state index in [9.17, 15) is 9.18 Å². The number of carbonyl (C=O) groups excluding carboxylic acids is 1. The van der Waals surface area contributed by atoms with Crippen molar-refractivity contribution in [2.45, 2.75) is 45.3 Å². The molecule has 5 rings (SSSR count). The van der Waals surface area contributed by atoms with Crippen molar-refractivity contribution in [2.24, 2.45) is 5.73 Å². The van der Waals surface area contributed by atoms with Crippen molar-refractivity contribution in [1.82, 2.24) is 24.1 Å². The number of primary amides is 1. The molecular formula is C23H28FN7O2. The largest absolute Gasteiger partial charge is 0.381 e. The molecule has 1 amide bonds. The molecule has 3 N–H and O–H groups in total. The molecule has 0 aliphatic heterocycles. The number of rotatable bonds is 5. The van der Waals surface area contributed by atoms with Crippen LogP contribution in [0.1, 0.15) is 49.5 Å². The summed E-state index contributed by atoms with van der Waals surface area (Å²) in [6.07, 6.45) is 9.03. The van der Waals surface area contributed by atoms with Crippen molar-refractivity contribution in [3.8, 4) is 11.3 Å². The Kier molecular flexibility index (Phi) is 6.28. The highest BCUT2D eigenvalue weighted by molar-refractivity contribution is 6.00. The molecule has 4 aromatic rings. The number of aromatic nitrogens is 5.